The van der Waals surface area contributed by atoms with Gasteiger partial charge in [0.1, 0.15) is 0 Å². The molecular weight excluding hydrogens is 456 g/mol. The number of non-ortho nitro benzene ring substituents is 1. The molecule has 0 unspecified atom stereocenters. The van der Waals surface area contributed by atoms with Crippen LogP contribution in [0.1, 0.15) is 12.0 Å². The molecule has 0 aliphatic heterocycles. The van der Waals surface area contributed by atoms with Gasteiger partial charge in [-0.05, 0) is 50.8 Å². The van der Waals surface area contributed by atoms with Crippen molar-refractivity contribution < 1.29 is 9.72 Å². The second-order valence-corrected chi connectivity index (χ2v) is 8.84. The second-order valence-electron chi connectivity index (χ2n) is 6.91. The highest BCUT2D eigenvalue weighted by Crippen LogP contribution is 2.31. The average Bonchev–Trinajstić information content (AvgIpc) is 3.07. The monoisotopic (exact) mass is 476 g/mol. The Morgan fingerprint density at radius 3 is 2.55 bits per heavy atom. The molecule has 3 rings (SSSR count). The van der Waals surface area contributed by atoms with Crippen LogP contribution in [0.15, 0.2) is 46.9 Å². The third kappa shape index (κ3) is 5.59. The number of thiazole rings is 1. The number of amides is 1. The molecule has 3 aromatic rings. The summed E-state index contributed by atoms with van der Waals surface area (Å²) in [5, 5.41) is 11.5. The summed E-state index contributed by atoms with van der Waals surface area (Å²) in [6, 6.07) is 12.0. The van der Waals surface area contributed by atoms with Crippen LogP contribution >= 0.6 is 27.3 Å². The number of anilines is 1. The highest BCUT2D eigenvalue weighted by atomic mass is 79.9. The third-order valence-electron chi connectivity index (χ3n) is 4.36. The number of nitro benzene ring substituents is 1. The summed E-state index contributed by atoms with van der Waals surface area (Å²) in [6.45, 7) is 1.42. The highest BCUT2D eigenvalue weighted by molar-refractivity contribution is 9.10. The van der Waals surface area contributed by atoms with Gasteiger partial charge in [0.2, 0.25) is 5.91 Å². The molecule has 0 fully saturated rings. The molecule has 29 heavy (non-hydrogen) atoms. The van der Waals surface area contributed by atoms with Crippen molar-refractivity contribution in [3.8, 4) is 0 Å². The molecule has 0 saturated carbocycles. The fraction of sp³-hybridized carbons (Fsp3) is 0.300. The number of hydrogen-bond donors (Lipinski definition) is 0. The van der Waals surface area contributed by atoms with Crippen LogP contribution in [0.5, 0.6) is 0 Å². The SMILES string of the molecule is CN(C)CCCN(C(=O)Cc1ccc([N+](=O)[O-])cc1)c1nc2ccc(Br)cc2s1. The van der Waals surface area contributed by atoms with E-state index in [-0.39, 0.29) is 18.0 Å². The lowest BCUT2D eigenvalue weighted by Gasteiger charge is -2.21. The Kier molecular flexibility index (Phi) is 6.94. The van der Waals surface area contributed by atoms with E-state index in [2.05, 4.69) is 25.8 Å². The van der Waals surface area contributed by atoms with Crippen molar-refractivity contribution in [3.05, 3.63) is 62.6 Å². The Balaban J connectivity index is 1.82. The maximum Gasteiger partial charge on any atom is 0.269 e. The smallest absolute Gasteiger partial charge is 0.269 e. The number of rotatable bonds is 8. The minimum Gasteiger partial charge on any atom is -0.309 e. The summed E-state index contributed by atoms with van der Waals surface area (Å²) in [6.07, 6.45) is 0.984. The molecular formula is C20H21BrN4O3S. The van der Waals surface area contributed by atoms with Gasteiger partial charge >= 0.3 is 0 Å². The van der Waals surface area contributed by atoms with Gasteiger partial charge in [0.05, 0.1) is 21.6 Å². The van der Waals surface area contributed by atoms with E-state index in [1.807, 2.05) is 32.3 Å². The van der Waals surface area contributed by atoms with Crippen molar-refractivity contribution in [1.29, 1.82) is 0 Å². The minimum atomic E-state index is -0.446. The van der Waals surface area contributed by atoms with Crippen molar-refractivity contribution in [2.45, 2.75) is 12.8 Å². The molecule has 1 amide bonds. The molecule has 0 radical (unpaired) electrons. The van der Waals surface area contributed by atoms with Crippen molar-refractivity contribution in [2.75, 3.05) is 32.1 Å². The van der Waals surface area contributed by atoms with E-state index >= 15 is 0 Å². The van der Waals surface area contributed by atoms with Gasteiger partial charge in [-0.15, -0.1) is 0 Å². The van der Waals surface area contributed by atoms with E-state index in [1.165, 1.54) is 23.5 Å². The zero-order chi connectivity index (χ0) is 21.0. The second kappa shape index (κ2) is 9.43. The number of benzene rings is 2. The first-order chi connectivity index (χ1) is 13.8. The van der Waals surface area contributed by atoms with Crippen LogP contribution in [-0.2, 0) is 11.2 Å². The minimum absolute atomic E-state index is 0.0146. The fourth-order valence-electron chi connectivity index (χ4n) is 2.88. The van der Waals surface area contributed by atoms with E-state index in [0.29, 0.717) is 11.7 Å². The van der Waals surface area contributed by atoms with Gasteiger partial charge in [0, 0.05) is 23.2 Å². The summed E-state index contributed by atoms with van der Waals surface area (Å²) >= 11 is 4.96. The molecule has 0 aliphatic rings. The zero-order valence-electron chi connectivity index (χ0n) is 16.2. The lowest BCUT2D eigenvalue weighted by Crippen LogP contribution is -2.34. The Bertz CT molecular complexity index is 1020. The molecule has 0 aliphatic carbocycles. The van der Waals surface area contributed by atoms with Crippen molar-refractivity contribution in [2.24, 2.45) is 0 Å². The van der Waals surface area contributed by atoms with Crippen LogP contribution in [0.4, 0.5) is 10.8 Å². The van der Waals surface area contributed by atoms with E-state index in [9.17, 15) is 14.9 Å². The molecule has 0 bridgehead atoms. The van der Waals surface area contributed by atoms with Crippen LogP contribution in [0.2, 0.25) is 0 Å². The summed E-state index contributed by atoms with van der Waals surface area (Å²) in [5.41, 5.74) is 1.61. The molecule has 9 heteroatoms. The van der Waals surface area contributed by atoms with Gasteiger partial charge in [-0.3, -0.25) is 19.8 Å². The van der Waals surface area contributed by atoms with Crippen LogP contribution < -0.4 is 4.90 Å². The van der Waals surface area contributed by atoms with Crippen LogP contribution in [0.25, 0.3) is 10.2 Å². The van der Waals surface area contributed by atoms with Gasteiger partial charge < -0.3 is 4.90 Å². The number of nitro groups is 1. The molecule has 0 saturated heterocycles. The van der Waals surface area contributed by atoms with E-state index < -0.39 is 4.92 Å². The molecule has 0 atom stereocenters. The molecule has 7 nitrogen and oxygen atoms in total. The van der Waals surface area contributed by atoms with Crippen molar-refractivity contribution in [3.63, 3.8) is 0 Å². The summed E-state index contributed by atoms with van der Waals surface area (Å²) in [7, 11) is 4.00. The van der Waals surface area contributed by atoms with Gasteiger partial charge in [-0.2, -0.15) is 0 Å². The van der Waals surface area contributed by atoms with Gasteiger partial charge in [-0.25, -0.2) is 4.98 Å². The fourth-order valence-corrected chi connectivity index (χ4v) is 4.44. The zero-order valence-corrected chi connectivity index (χ0v) is 18.6. The molecule has 2 aromatic carbocycles. The van der Waals surface area contributed by atoms with Gasteiger partial charge in [-0.1, -0.05) is 39.4 Å². The van der Waals surface area contributed by atoms with Crippen molar-refractivity contribution in [1.82, 2.24) is 9.88 Å². The standard InChI is InChI=1S/C20H21BrN4O3S/c1-23(2)10-3-11-24(20-22-17-9-6-15(21)13-18(17)29-20)19(26)12-14-4-7-16(8-5-14)25(27)28/h4-9,13H,3,10-12H2,1-2H3. The first-order valence-electron chi connectivity index (χ1n) is 9.08. The number of nitrogens with zero attached hydrogens (tertiary/aromatic N) is 4. The number of halogens is 1. The van der Waals surface area contributed by atoms with E-state index in [1.54, 1.807) is 17.0 Å². The third-order valence-corrected chi connectivity index (χ3v) is 5.90. The first-order valence-corrected chi connectivity index (χ1v) is 10.7. The maximum absolute atomic E-state index is 13.1. The number of fused-ring (bicyclic) bond motifs is 1. The molecule has 1 aromatic heterocycles. The Labute approximate surface area is 181 Å². The summed E-state index contributed by atoms with van der Waals surface area (Å²) in [5.74, 6) is -0.0734. The van der Waals surface area contributed by atoms with Gasteiger partial charge in [0.25, 0.3) is 5.69 Å². The summed E-state index contributed by atoms with van der Waals surface area (Å²) < 4.78 is 1.98. The number of carbonyl (C=O) groups is 1. The van der Waals surface area contributed by atoms with E-state index in [4.69, 9.17) is 0 Å². The molecule has 1 heterocycles. The summed E-state index contributed by atoms with van der Waals surface area (Å²) in [4.78, 5) is 31.9. The largest absolute Gasteiger partial charge is 0.309 e. The quantitative estimate of drug-likeness (QED) is 0.353. The maximum atomic E-state index is 13.1. The lowest BCUT2D eigenvalue weighted by atomic mass is 10.1. The first kappa shape index (κ1) is 21.4. The molecule has 0 spiro atoms. The van der Waals surface area contributed by atoms with Gasteiger partial charge in [0.15, 0.2) is 5.13 Å². The predicted molar refractivity (Wildman–Crippen MR) is 120 cm³/mol. The lowest BCUT2D eigenvalue weighted by molar-refractivity contribution is -0.384. The Hall–Kier alpha value is -2.36. The predicted octanol–water partition coefficient (Wildman–Crippen LogP) is 4.49. The molecule has 152 valence electrons. The average molecular weight is 477 g/mol. The highest BCUT2D eigenvalue weighted by Gasteiger charge is 2.20. The van der Waals surface area contributed by atoms with Crippen LogP contribution in [-0.4, -0.2) is 47.9 Å². The topological polar surface area (TPSA) is 79.6 Å². The molecule has 0 N–H and O–H groups in total. The van der Waals surface area contributed by atoms with Crippen LogP contribution in [0, 0.1) is 10.1 Å². The number of hydrogen-bond acceptors (Lipinski definition) is 6. The normalized spacial score (nSPS) is 11.2. The van der Waals surface area contributed by atoms with E-state index in [0.717, 1.165) is 33.2 Å². The van der Waals surface area contributed by atoms with Crippen molar-refractivity contribution >= 4 is 54.2 Å². The Morgan fingerprint density at radius 1 is 1.17 bits per heavy atom. The van der Waals surface area contributed by atoms with Crippen LogP contribution in [0.3, 0.4) is 0 Å². The number of aromatic nitrogens is 1. The Morgan fingerprint density at radius 2 is 1.90 bits per heavy atom. The number of carbonyl (C=O) groups excluding carboxylic acids is 1.